The molecule has 1 aromatic heterocycles. The fourth-order valence-electron chi connectivity index (χ4n) is 3.30. The van der Waals surface area contributed by atoms with Crippen LogP contribution in [-0.2, 0) is 0 Å². The van der Waals surface area contributed by atoms with Gasteiger partial charge in [-0.1, -0.05) is 31.5 Å². The Morgan fingerprint density at radius 1 is 1.13 bits per heavy atom. The molecule has 0 aliphatic heterocycles. The van der Waals surface area contributed by atoms with E-state index in [1.807, 2.05) is 30.3 Å². The van der Waals surface area contributed by atoms with Gasteiger partial charge in [0.05, 0.1) is 5.69 Å². The monoisotopic (exact) mass is 418 g/mol. The van der Waals surface area contributed by atoms with E-state index in [1.165, 1.54) is 5.56 Å². The Kier molecular flexibility index (Phi) is 5.60. The smallest absolute Gasteiger partial charge is 0.227 e. The molecule has 0 fully saturated rings. The van der Waals surface area contributed by atoms with Gasteiger partial charge in [-0.05, 0) is 78.9 Å². The number of aryl methyl sites for hydroxylation is 1. The van der Waals surface area contributed by atoms with Crippen molar-refractivity contribution in [1.29, 1.82) is 0 Å². The SMILES string of the molecule is CC[C@@H](C)c1ccc2oc(-c3ccc(N=Cc4cc(Cl)cc(C)c4O)cc3)nc2c1. The first-order chi connectivity index (χ1) is 14.4. The molecule has 0 aliphatic rings. The van der Waals surface area contributed by atoms with Gasteiger partial charge in [0.25, 0.3) is 0 Å². The molecule has 0 radical (unpaired) electrons. The number of halogens is 1. The van der Waals surface area contributed by atoms with Gasteiger partial charge in [-0.15, -0.1) is 0 Å². The highest BCUT2D eigenvalue weighted by Crippen LogP contribution is 2.29. The van der Waals surface area contributed by atoms with Crippen molar-refractivity contribution in [3.63, 3.8) is 0 Å². The minimum Gasteiger partial charge on any atom is -0.507 e. The van der Waals surface area contributed by atoms with Crippen LogP contribution in [-0.4, -0.2) is 16.3 Å². The van der Waals surface area contributed by atoms with E-state index in [1.54, 1.807) is 25.3 Å². The van der Waals surface area contributed by atoms with Crippen molar-refractivity contribution in [2.75, 3.05) is 0 Å². The summed E-state index contributed by atoms with van der Waals surface area (Å²) in [5.41, 5.74) is 5.87. The van der Waals surface area contributed by atoms with E-state index in [0.29, 0.717) is 28.0 Å². The molecule has 4 aromatic rings. The number of nitrogens with zero attached hydrogens (tertiary/aromatic N) is 2. The number of aliphatic imine (C=N–C) groups is 1. The normalized spacial score (nSPS) is 12.7. The van der Waals surface area contributed by atoms with Gasteiger partial charge in [0.1, 0.15) is 11.3 Å². The van der Waals surface area contributed by atoms with E-state index in [4.69, 9.17) is 16.0 Å². The largest absolute Gasteiger partial charge is 0.507 e. The fourth-order valence-corrected chi connectivity index (χ4v) is 3.59. The number of oxazole rings is 1. The predicted molar refractivity (Wildman–Crippen MR) is 123 cm³/mol. The number of phenols is 1. The van der Waals surface area contributed by atoms with E-state index in [9.17, 15) is 5.11 Å². The molecule has 1 heterocycles. The van der Waals surface area contributed by atoms with Crippen LogP contribution < -0.4 is 0 Å². The Morgan fingerprint density at radius 2 is 1.90 bits per heavy atom. The van der Waals surface area contributed by atoms with E-state index < -0.39 is 0 Å². The van der Waals surface area contributed by atoms with E-state index >= 15 is 0 Å². The average molecular weight is 419 g/mol. The van der Waals surface area contributed by atoms with Crippen LogP contribution in [0, 0.1) is 6.92 Å². The lowest BCUT2D eigenvalue weighted by Gasteiger charge is -2.07. The molecule has 3 aromatic carbocycles. The third kappa shape index (κ3) is 4.10. The zero-order valence-corrected chi connectivity index (χ0v) is 17.9. The maximum Gasteiger partial charge on any atom is 0.227 e. The summed E-state index contributed by atoms with van der Waals surface area (Å²) in [4.78, 5) is 9.10. The summed E-state index contributed by atoms with van der Waals surface area (Å²) in [5, 5.41) is 10.7. The van der Waals surface area contributed by atoms with Crippen molar-refractivity contribution in [2.24, 2.45) is 4.99 Å². The molecular weight excluding hydrogens is 396 g/mol. The molecule has 30 heavy (non-hydrogen) atoms. The van der Waals surface area contributed by atoms with Gasteiger partial charge in [0.2, 0.25) is 5.89 Å². The third-order valence-corrected chi connectivity index (χ3v) is 5.57. The molecule has 0 aliphatic carbocycles. The number of phenolic OH excluding ortho intramolecular Hbond substituents is 1. The molecule has 152 valence electrons. The summed E-state index contributed by atoms with van der Waals surface area (Å²) in [7, 11) is 0. The number of fused-ring (bicyclic) bond motifs is 1. The van der Waals surface area contributed by atoms with Crippen molar-refractivity contribution >= 4 is 34.6 Å². The molecular formula is C25H23ClN2O2. The Morgan fingerprint density at radius 3 is 2.63 bits per heavy atom. The molecule has 1 N–H and O–H groups in total. The zero-order chi connectivity index (χ0) is 21.3. The summed E-state index contributed by atoms with van der Waals surface area (Å²) in [5.74, 6) is 1.27. The quantitative estimate of drug-likeness (QED) is 0.343. The number of aromatic nitrogens is 1. The van der Waals surface area contributed by atoms with E-state index in [-0.39, 0.29) is 5.75 Å². The predicted octanol–water partition coefficient (Wildman–Crippen LogP) is 7.43. The molecule has 4 nitrogen and oxygen atoms in total. The molecule has 0 saturated carbocycles. The van der Waals surface area contributed by atoms with Gasteiger partial charge >= 0.3 is 0 Å². The molecule has 0 amide bonds. The molecule has 0 unspecified atom stereocenters. The number of aromatic hydroxyl groups is 1. The molecule has 5 heteroatoms. The Balaban J connectivity index is 1.58. The molecule has 0 bridgehead atoms. The summed E-state index contributed by atoms with van der Waals surface area (Å²) in [6.45, 7) is 6.20. The van der Waals surface area contributed by atoms with Gasteiger partial charge in [-0.25, -0.2) is 4.98 Å². The van der Waals surface area contributed by atoms with E-state index in [2.05, 4.69) is 36.0 Å². The Labute approximate surface area is 180 Å². The van der Waals surface area contributed by atoms with Crippen LogP contribution >= 0.6 is 11.6 Å². The first-order valence-electron chi connectivity index (χ1n) is 9.98. The summed E-state index contributed by atoms with van der Waals surface area (Å²) in [6, 6.07) is 17.2. The third-order valence-electron chi connectivity index (χ3n) is 5.35. The maximum atomic E-state index is 10.2. The first kappa shape index (κ1) is 20.2. The average Bonchev–Trinajstić information content (AvgIpc) is 3.18. The highest BCUT2D eigenvalue weighted by Gasteiger charge is 2.11. The van der Waals surface area contributed by atoms with Crippen LogP contribution in [0.5, 0.6) is 5.75 Å². The Hall–Kier alpha value is -3.11. The van der Waals surface area contributed by atoms with Gasteiger partial charge in [-0.3, -0.25) is 4.99 Å². The van der Waals surface area contributed by atoms with Crippen LogP contribution in [0.4, 0.5) is 5.69 Å². The topological polar surface area (TPSA) is 58.6 Å². The van der Waals surface area contributed by atoms with Crippen molar-refractivity contribution < 1.29 is 9.52 Å². The summed E-state index contributed by atoms with van der Waals surface area (Å²) >= 11 is 6.07. The second-order valence-corrected chi connectivity index (χ2v) is 7.96. The van der Waals surface area contributed by atoms with Crippen molar-refractivity contribution in [1.82, 2.24) is 4.98 Å². The molecule has 0 spiro atoms. The van der Waals surface area contributed by atoms with E-state index in [0.717, 1.165) is 28.8 Å². The van der Waals surface area contributed by atoms with Gasteiger partial charge < -0.3 is 9.52 Å². The maximum absolute atomic E-state index is 10.2. The number of rotatable bonds is 5. The molecule has 0 saturated heterocycles. The minimum absolute atomic E-state index is 0.183. The fraction of sp³-hybridized carbons (Fsp3) is 0.200. The first-order valence-corrected chi connectivity index (χ1v) is 10.4. The second-order valence-electron chi connectivity index (χ2n) is 7.52. The number of hydrogen-bond donors (Lipinski definition) is 1. The summed E-state index contributed by atoms with van der Waals surface area (Å²) in [6.07, 6.45) is 2.70. The van der Waals surface area contributed by atoms with Gasteiger partial charge in [0, 0.05) is 22.4 Å². The van der Waals surface area contributed by atoms with Crippen LogP contribution in [0.25, 0.3) is 22.6 Å². The minimum atomic E-state index is 0.183. The van der Waals surface area contributed by atoms with Crippen molar-refractivity contribution in [3.05, 3.63) is 76.3 Å². The highest BCUT2D eigenvalue weighted by molar-refractivity contribution is 6.31. The van der Waals surface area contributed by atoms with Crippen molar-refractivity contribution in [3.8, 4) is 17.2 Å². The van der Waals surface area contributed by atoms with Crippen LogP contribution in [0.2, 0.25) is 5.02 Å². The zero-order valence-electron chi connectivity index (χ0n) is 17.2. The molecule has 1 atom stereocenters. The second kappa shape index (κ2) is 8.33. The van der Waals surface area contributed by atoms with Gasteiger partial charge in [0.15, 0.2) is 5.58 Å². The lowest BCUT2D eigenvalue weighted by Crippen LogP contribution is -1.90. The number of hydrogen-bond acceptors (Lipinski definition) is 4. The van der Waals surface area contributed by atoms with Crippen LogP contribution in [0.3, 0.4) is 0 Å². The highest BCUT2D eigenvalue weighted by atomic mass is 35.5. The van der Waals surface area contributed by atoms with Crippen LogP contribution in [0.15, 0.2) is 64.0 Å². The standard InChI is InChI=1S/C25H23ClN2O2/c1-4-15(2)18-7-10-23-22(13-18)28-25(30-23)17-5-8-21(9-6-17)27-14-19-12-20(26)11-16(3)24(19)29/h5-15,29H,4H2,1-3H3/t15-/m1/s1. The Bertz CT molecular complexity index is 1230. The van der Waals surface area contributed by atoms with Gasteiger partial charge in [-0.2, -0.15) is 0 Å². The number of benzene rings is 3. The van der Waals surface area contributed by atoms with Crippen LogP contribution in [0.1, 0.15) is 42.9 Å². The summed E-state index contributed by atoms with van der Waals surface area (Å²) < 4.78 is 5.94. The lowest BCUT2D eigenvalue weighted by atomic mass is 9.98. The molecule has 4 rings (SSSR count). The van der Waals surface area contributed by atoms with Crippen molar-refractivity contribution in [2.45, 2.75) is 33.1 Å². The lowest BCUT2D eigenvalue weighted by molar-refractivity contribution is 0.470.